The second kappa shape index (κ2) is 8.50. The fraction of sp³-hybridized carbons (Fsp3) is 0.455. The Hall–Kier alpha value is -2.76. The number of hydrogen-bond acceptors (Lipinski definition) is 2. The van der Waals surface area contributed by atoms with E-state index in [1.165, 1.54) is 27.6 Å². The molecule has 0 aliphatic carbocycles. The Morgan fingerprint density at radius 1 is 1.32 bits per heavy atom. The van der Waals surface area contributed by atoms with Crippen molar-refractivity contribution in [3.8, 4) is 0 Å². The maximum absolute atomic E-state index is 4.61. The van der Waals surface area contributed by atoms with E-state index in [1.54, 1.807) is 0 Å². The lowest BCUT2D eigenvalue weighted by Crippen LogP contribution is -2.39. The van der Waals surface area contributed by atoms with Gasteiger partial charge in [0.2, 0.25) is 0 Å². The van der Waals surface area contributed by atoms with Gasteiger partial charge < -0.3 is 15.2 Å². The first-order valence-electron chi connectivity index (χ1n) is 9.90. The lowest BCUT2D eigenvalue weighted by Gasteiger charge is -2.22. The molecular formula is C22H32N6. The smallest absolute Gasteiger partial charge is 0.193 e. The summed E-state index contributed by atoms with van der Waals surface area (Å²) in [6, 6.07) is 6.39. The van der Waals surface area contributed by atoms with E-state index >= 15 is 0 Å². The number of aromatic amines is 1. The SMILES string of the molecule is CN=C(NCCc1c[nH]c2cccc(C)c12)N(C)Cc1cn(C)nc1C(C)C. The van der Waals surface area contributed by atoms with Gasteiger partial charge >= 0.3 is 0 Å². The van der Waals surface area contributed by atoms with Gasteiger partial charge in [0.05, 0.1) is 5.69 Å². The number of guanidine groups is 1. The lowest BCUT2D eigenvalue weighted by atomic mass is 10.1. The van der Waals surface area contributed by atoms with Crippen LogP contribution in [0.15, 0.2) is 35.6 Å². The Labute approximate surface area is 167 Å². The van der Waals surface area contributed by atoms with Crippen molar-refractivity contribution in [1.29, 1.82) is 0 Å². The topological polar surface area (TPSA) is 61.2 Å². The number of nitrogens with one attached hydrogen (secondary N) is 2. The van der Waals surface area contributed by atoms with Crippen LogP contribution >= 0.6 is 0 Å². The molecule has 3 aromatic rings. The van der Waals surface area contributed by atoms with Crippen LogP contribution in [-0.2, 0) is 20.0 Å². The van der Waals surface area contributed by atoms with Gasteiger partial charge in [-0.2, -0.15) is 5.10 Å². The second-order valence-electron chi connectivity index (χ2n) is 7.76. The zero-order chi connectivity index (χ0) is 20.3. The molecule has 0 unspecified atom stereocenters. The minimum Gasteiger partial charge on any atom is -0.361 e. The van der Waals surface area contributed by atoms with Crippen molar-refractivity contribution in [2.45, 2.75) is 39.7 Å². The predicted molar refractivity (Wildman–Crippen MR) is 117 cm³/mol. The second-order valence-corrected chi connectivity index (χ2v) is 7.76. The molecule has 2 aromatic heterocycles. The summed E-state index contributed by atoms with van der Waals surface area (Å²) in [4.78, 5) is 9.99. The highest BCUT2D eigenvalue weighted by molar-refractivity contribution is 5.86. The highest BCUT2D eigenvalue weighted by atomic mass is 15.3. The molecule has 2 heterocycles. The minimum absolute atomic E-state index is 0.407. The van der Waals surface area contributed by atoms with E-state index in [1.807, 2.05) is 18.8 Å². The van der Waals surface area contributed by atoms with Crippen LogP contribution in [0, 0.1) is 6.92 Å². The molecule has 150 valence electrons. The first-order valence-corrected chi connectivity index (χ1v) is 9.90. The summed E-state index contributed by atoms with van der Waals surface area (Å²) >= 11 is 0. The summed E-state index contributed by atoms with van der Waals surface area (Å²) in [5.74, 6) is 1.31. The summed E-state index contributed by atoms with van der Waals surface area (Å²) in [6.07, 6.45) is 5.17. The average molecular weight is 381 g/mol. The molecule has 0 atom stereocenters. The van der Waals surface area contributed by atoms with E-state index in [0.717, 1.165) is 31.2 Å². The van der Waals surface area contributed by atoms with Crippen molar-refractivity contribution in [1.82, 2.24) is 25.0 Å². The Morgan fingerprint density at radius 2 is 2.11 bits per heavy atom. The molecule has 0 radical (unpaired) electrons. The van der Waals surface area contributed by atoms with E-state index in [9.17, 15) is 0 Å². The zero-order valence-electron chi connectivity index (χ0n) is 17.9. The maximum Gasteiger partial charge on any atom is 0.193 e. The fourth-order valence-electron chi connectivity index (χ4n) is 3.84. The van der Waals surface area contributed by atoms with Gasteiger partial charge in [0, 0.05) is 63.1 Å². The molecule has 0 aliphatic heterocycles. The maximum atomic E-state index is 4.61. The zero-order valence-corrected chi connectivity index (χ0v) is 17.9. The van der Waals surface area contributed by atoms with E-state index in [0.29, 0.717) is 5.92 Å². The monoisotopic (exact) mass is 380 g/mol. The Bertz CT molecular complexity index is 963. The summed E-state index contributed by atoms with van der Waals surface area (Å²) in [7, 11) is 5.88. The normalized spacial score (nSPS) is 12.2. The summed E-state index contributed by atoms with van der Waals surface area (Å²) in [6.45, 7) is 8.15. The first-order chi connectivity index (χ1) is 13.4. The van der Waals surface area contributed by atoms with Crippen LogP contribution in [0.2, 0.25) is 0 Å². The number of hydrogen-bond donors (Lipinski definition) is 2. The number of rotatable bonds is 6. The van der Waals surface area contributed by atoms with Crippen molar-refractivity contribution in [2.75, 3.05) is 20.6 Å². The number of benzene rings is 1. The van der Waals surface area contributed by atoms with Crippen molar-refractivity contribution < 1.29 is 0 Å². The van der Waals surface area contributed by atoms with Crippen LogP contribution in [0.25, 0.3) is 10.9 Å². The standard InChI is InChI=1S/C22H32N6/c1-15(2)21-18(14-28(6)26-21)13-27(5)22(23-4)24-11-10-17-12-25-19-9-7-8-16(3)20(17)19/h7-9,12,14-15,25H,10-11,13H2,1-6H3,(H,23,24). The third-order valence-electron chi connectivity index (χ3n) is 5.14. The molecule has 0 amide bonds. The molecule has 0 spiro atoms. The molecule has 0 aliphatic rings. The molecule has 2 N–H and O–H groups in total. The van der Waals surface area contributed by atoms with Gasteiger partial charge in [0.1, 0.15) is 0 Å². The molecule has 3 rings (SSSR count). The molecule has 6 nitrogen and oxygen atoms in total. The molecule has 1 aromatic carbocycles. The van der Waals surface area contributed by atoms with Crippen LogP contribution in [0.3, 0.4) is 0 Å². The third-order valence-corrected chi connectivity index (χ3v) is 5.14. The number of nitrogens with zero attached hydrogens (tertiary/aromatic N) is 4. The van der Waals surface area contributed by atoms with Crippen molar-refractivity contribution in [2.24, 2.45) is 12.0 Å². The molecular weight excluding hydrogens is 348 g/mol. The highest BCUT2D eigenvalue weighted by Gasteiger charge is 2.15. The van der Waals surface area contributed by atoms with Crippen molar-refractivity contribution in [3.63, 3.8) is 0 Å². The van der Waals surface area contributed by atoms with Gasteiger partial charge in [-0.05, 0) is 36.5 Å². The van der Waals surface area contributed by atoms with Gasteiger partial charge in [-0.1, -0.05) is 26.0 Å². The molecule has 6 heteroatoms. The molecule has 0 saturated carbocycles. The first kappa shape index (κ1) is 20.0. The van der Waals surface area contributed by atoms with Crippen LogP contribution in [-0.4, -0.2) is 46.3 Å². The summed E-state index contributed by atoms with van der Waals surface area (Å²) in [5.41, 5.74) is 6.25. The Morgan fingerprint density at radius 3 is 2.82 bits per heavy atom. The van der Waals surface area contributed by atoms with Crippen molar-refractivity contribution in [3.05, 3.63) is 53.0 Å². The van der Waals surface area contributed by atoms with E-state index in [2.05, 4.69) is 83.7 Å². The summed E-state index contributed by atoms with van der Waals surface area (Å²) in [5, 5.41) is 9.45. The van der Waals surface area contributed by atoms with Gasteiger partial charge in [-0.25, -0.2) is 0 Å². The van der Waals surface area contributed by atoms with E-state index < -0.39 is 0 Å². The van der Waals surface area contributed by atoms with E-state index in [-0.39, 0.29) is 0 Å². The quantitative estimate of drug-likeness (QED) is 0.507. The number of aryl methyl sites for hydroxylation is 2. The number of fused-ring (bicyclic) bond motifs is 1. The molecule has 0 fully saturated rings. The Kier molecular flexibility index (Phi) is 6.07. The summed E-state index contributed by atoms with van der Waals surface area (Å²) < 4.78 is 1.90. The fourth-order valence-corrected chi connectivity index (χ4v) is 3.84. The van der Waals surface area contributed by atoms with Crippen molar-refractivity contribution >= 4 is 16.9 Å². The highest BCUT2D eigenvalue weighted by Crippen LogP contribution is 2.22. The van der Waals surface area contributed by atoms with Gasteiger partial charge in [0.15, 0.2) is 5.96 Å². The van der Waals surface area contributed by atoms with Gasteiger partial charge in [0.25, 0.3) is 0 Å². The molecule has 0 bridgehead atoms. The Balaban J connectivity index is 1.63. The predicted octanol–water partition coefficient (Wildman–Crippen LogP) is 3.58. The van der Waals surface area contributed by atoms with E-state index in [4.69, 9.17) is 0 Å². The van der Waals surface area contributed by atoms with Crippen LogP contribution in [0.4, 0.5) is 0 Å². The number of H-pyrrole nitrogens is 1. The van der Waals surface area contributed by atoms with Crippen LogP contribution < -0.4 is 5.32 Å². The minimum atomic E-state index is 0.407. The average Bonchev–Trinajstić information content (AvgIpc) is 3.23. The van der Waals surface area contributed by atoms with Crippen LogP contribution in [0.5, 0.6) is 0 Å². The van der Waals surface area contributed by atoms with Crippen LogP contribution in [0.1, 0.15) is 42.1 Å². The van der Waals surface area contributed by atoms with Gasteiger partial charge in [-0.15, -0.1) is 0 Å². The molecule has 28 heavy (non-hydrogen) atoms. The number of aliphatic imine (C=N–C) groups is 1. The number of aromatic nitrogens is 3. The molecule has 0 saturated heterocycles. The lowest BCUT2D eigenvalue weighted by molar-refractivity contribution is 0.474. The third kappa shape index (κ3) is 4.21. The van der Waals surface area contributed by atoms with Gasteiger partial charge in [-0.3, -0.25) is 9.67 Å². The largest absolute Gasteiger partial charge is 0.361 e.